The van der Waals surface area contributed by atoms with Gasteiger partial charge in [0, 0.05) is 16.3 Å². The molecule has 0 amide bonds. The summed E-state index contributed by atoms with van der Waals surface area (Å²) in [5, 5.41) is 10.6. The molecule has 1 aromatic heterocycles. The molecule has 1 heterocycles. The normalized spacial score (nSPS) is 12.8. The van der Waals surface area contributed by atoms with Gasteiger partial charge in [0.2, 0.25) is 5.82 Å². The number of hydrogen-bond donors (Lipinski definition) is 1. The molecule has 0 saturated carbocycles. The highest BCUT2D eigenvalue weighted by Crippen LogP contribution is 2.37. The van der Waals surface area contributed by atoms with Crippen LogP contribution in [0.25, 0.3) is 21.9 Å². The van der Waals surface area contributed by atoms with Crippen molar-refractivity contribution < 1.29 is 23.0 Å². The third kappa shape index (κ3) is 3.33. The zero-order chi connectivity index (χ0) is 18.0. The summed E-state index contributed by atoms with van der Waals surface area (Å²) in [6.45, 7) is 4.03. The number of aliphatic hydroxyl groups excluding tert-OH is 1. The zero-order valence-corrected chi connectivity index (χ0v) is 14.4. The monoisotopic (exact) mass is 348 g/mol. The number of halogens is 2. The van der Waals surface area contributed by atoms with Gasteiger partial charge in [0.1, 0.15) is 0 Å². The smallest absolute Gasteiger partial charge is 0.208 e. The summed E-state index contributed by atoms with van der Waals surface area (Å²) in [6.07, 6.45) is 3.18. The van der Waals surface area contributed by atoms with E-state index in [0.717, 1.165) is 25.7 Å². The molecule has 2 aromatic carbocycles. The van der Waals surface area contributed by atoms with Crippen molar-refractivity contribution in [2.24, 2.45) is 0 Å². The second kappa shape index (κ2) is 7.40. The van der Waals surface area contributed by atoms with Gasteiger partial charge in [-0.1, -0.05) is 32.3 Å². The molecule has 1 N–H and O–H groups in total. The lowest BCUT2D eigenvalue weighted by Crippen LogP contribution is -1.99. The standard InChI is InChI=1S/C20H22F2O3/c1-3-4-5-6-11-24-16-10-9-15-14-8-7-13(12(2)23)17(21)19(14)25-20(15)18(16)22/h7-10,12,23H,3-6,11H2,1-2H3/t12-/m0/s1. The van der Waals surface area contributed by atoms with Crippen LogP contribution in [0.2, 0.25) is 0 Å². The first-order valence-electron chi connectivity index (χ1n) is 8.68. The number of hydrogen-bond acceptors (Lipinski definition) is 3. The number of aliphatic hydroxyl groups is 1. The Hall–Kier alpha value is -2.14. The highest BCUT2D eigenvalue weighted by Gasteiger charge is 2.20. The average Bonchev–Trinajstić information content (AvgIpc) is 2.97. The van der Waals surface area contributed by atoms with Crippen LogP contribution in [0.4, 0.5) is 8.78 Å². The first-order valence-corrected chi connectivity index (χ1v) is 8.68. The summed E-state index contributed by atoms with van der Waals surface area (Å²) < 4.78 is 40.1. The molecule has 0 fully saturated rings. The molecule has 0 spiro atoms. The molecule has 3 rings (SSSR count). The number of furan rings is 1. The van der Waals surface area contributed by atoms with Gasteiger partial charge in [0.15, 0.2) is 22.7 Å². The van der Waals surface area contributed by atoms with E-state index in [2.05, 4.69) is 6.92 Å². The predicted octanol–water partition coefficient (Wildman–Crippen LogP) is 5.88. The van der Waals surface area contributed by atoms with Crippen LogP contribution in [0.1, 0.15) is 51.2 Å². The van der Waals surface area contributed by atoms with Gasteiger partial charge in [-0.3, -0.25) is 0 Å². The van der Waals surface area contributed by atoms with Crippen molar-refractivity contribution in [1.29, 1.82) is 0 Å². The Morgan fingerprint density at radius 1 is 1.00 bits per heavy atom. The molecule has 0 unspecified atom stereocenters. The second-order valence-corrected chi connectivity index (χ2v) is 6.29. The Balaban J connectivity index is 1.95. The molecule has 0 radical (unpaired) electrons. The fourth-order valence-corrected chi connectivity index (χ4v) is 2.98. The Kier molecular flexibility index (Phi) is 5.23. The van der Waals surface area contributed by atoms with Gasteiger partial charge in [-0.05, 0) is 31.5 Å². The van der Waals surface area contributed by atoms with Gasteiger partial charge in [-0.2, -0.15) is 4.39 Å². The van der Waals surface area contributed by atoms with Crippen molar-refractivity contribution in [1.82, 2.24) is 0 Å². The fraction of sp³-hybridized carbons (Fsp3) is 0.400. The summed E-state index contributed by atoms with van der Waals surface area (Å²) >= 11 is 0. The first kappa shape index (κ1) is 17.7. The quantitative estimate of drug-likeness (QED) is 0.542. The summed E-state index contributed by atoms with van der Waals surface area (Å²) in [5.74, 6) is -1.17. The van der Waals surface area contributed by atoms with Crippen LogP contribution in [0.3, 0.4) is 0 Å². The highest BCUT2D eigenvalue weighted by atomic mass is 19.1. The van der Waals surface area contributed by atoms with Crippen molar-refractivity contribution in [3.8, 4) is 5.75 Å². The SMILES string of the molecule is CCCCCCOc1ccc2c(oc3c(F)c([C@H](C)O)ccc32)c1F. The van der Waals surface area contributed by atoms with Crippen LogP contribution < -0.4 is 4.74 Å². The second-order valence-electron chi connectivity index (χ2n) is 6.29. The molecule has 0 bridgehead atoms. The van der Waals surface area contributed by atoms with E-state index in [1.165, 1.54) is 13.0 Å². The minimum Gasteiger partial charge on any atom is -0.490 e. The third-order valence-corrected chi connectivity index (χ3v) is 4.39. The van der Waals surface area contributed by atoms with Crippen LogP contribution in [0.15, 0.2) is 28.7 Å². The molecule has 0 aliphatic rings. The highest BCUT2D eigenvalue weighted by molar-refractivity contribution is 6.05. The van der Waals surface area contributed by atoms with E-state index in [1.54, 1.807) is 18.2 Å². The topological polar surface area (TPSA) is 42.6 Å². The lowest BCUT2D eigenvalue weighted by Gasteiger charge is -2.07. The summed E-state index contributed by atoms with van der Waals surface area (Å²) in [7, 11) is 0. The van der Waals surface area contributed by atoms with Crippen LogP contribution in [-0.4, -0.2) is 11.7 Å². The molecular formula is C20H22F2O3. The van der Waals surface area contributed by atoms with Crippen molar-refractivity contribution in [3.05, 3.63) is 41.5 Å². The van der Waals surface area contributed by atoms with E-state index in [9.17, 15) is 13.9 Å². The molecule has 1 atom stereocenters. The van der Waals surface area contributed by atoms with Crippen LogP contribution in [-0.2, 0) is 0 Å². The van der Waals surface area contributed by atoms with Gasteiger partial charge >= 0.3 is 0 Å². The minimum atomic E-state index is -0.968. The number of unbranched alkanes of at least 4 members (excludes halogenated alkanes) is 3. The Morgan fingerprint density at radius 2 is 1.68 bits per heavy atom. The van der Waals surface area contributed by atoms with Crippen LogP contribution >= 0.6 is 0 Å². The number of ether oxygens (including phenoxy) is 1. The largest absolute Gasteiger partial charge is 0.490 e. The average molecular weight is 348 g/mol. The molecule has 3 nitrogen and oxygen atoms in total. The number of fused-ring (bicyclic) bond motifs is 3. The van der Waals surface area contributed by atoms with E-state index in [-0.39, 0.29) is 22.5 Å². The van der Waals surface area contributed by atoms with Crippen LogP contribution in [0.5, 0.6) is 5.75 Å². The van der Waals surface area contributed by atoms with Gasteiger partial charge in [-0.25, -0.2) is 4.39 Å². The van der Waals surface area contributed by atoms with Crippen LogP contribution in [0, 0.1) is 11.6 Å². The van der Waals surface area contributed by atoms with Crippen molar-refractivity contribution in [2.45, 2.75) is 45.6 Å². The fourth-order valence-electron chi connectivity index (χ4n) is 2.98. The maximum Gasteiger partial charge on any atom is 0.208 e. The minimum absolute atomic E-state index is 0.0253. The summed E-state index contributed by atoms with van der Waals surface area (Å²) in [6, 6.07) is 6.35. The van der Waals surface area contributed by atoms with Gasteiger partial charge < -0.3 is 14.3 Å². The Bertz CT molecular complexity index is 884. The van der Waals surface area contributed by atoms with E-state index in [1.807, 2.05) is 0 Å². The number of benzene rings is 2. The molecular weight excluding hydrogens is 326 g/mol. The summed E-state index contributed by atoms with van der Waals surface area (Å²) in [5.41, 5.74) is 0.0504. The lowest BCUT2D eigenvalue weighted by atomic mass is 10.1. The number of rotatable bonds is 7. The molecule has 3 aromatic rings. The molecule has 0 aliphatic heterocycles. The van der Waals surface area contributed by atoms with Crippen molar-refractivity contribution in [3.63, 3.8) is 0 Å². The first-order chi connectivity index (χ1) is 12.0. The van der Waals surface area contributed by atoms with E-state index in [0.29, 0.717) is 17.4 Å². The van der Waals surface area contributed by atoms with Gasteiger partial charge in [0.05, 0.1) is 12.7 Å². The van der Waals surface area contributed by atoms with Gasteiger partial charge in [0.25, 0.3) is 0 Å². The van der Waals surface area contributed by atoms with E-state index < -0.39 is 17.7 Å². The molecule has 0 aliphatic carbocycles. The molecule has 0 saturated heterocycles. The predicted molar refractivity (Wildman–Crippen MR) is 93.9 cm³/mol. The van der Waals surface area contributed by atoms with Gasteiger partial charge in [-0.15, -0.1) is 0 Å². The van der Waals surface area contributed by atoms with Crippen molar-refractivity contribution >= 4 is 21.9 Å². The summed E-state index contributed by atoms with van der Waals surface area (Å²) in [4.78, 5) is 0. The molecule has 134 valence electrons. The van der Waals surface area contributed by atoms with Crippen molar-refractivity contribution in [2.75, 3.05) is 6.61 Å². The lowest BCUT2D eigenvalue weighted by molar-refractivity contribution is 0.194. The van der Waals surface area contributed by atoms with E-state index >= 15 is 0 Å². The Labute approximate surface area is 145 Å². The Morgan fingerprint density at radius 3 is 2.36 bits per heavy atom. The molecule has 5 heteroatoms. The maximum atomic E-state index is 14.7. The maximum absolute atomic E-state index is 14.7. The molecule has 25 heavy (non-hydrogen) atoms. The zero-order valence-electron chi connectivity index (χ0n) is 14.4. The van der Waals surface area contributed by atoms with E-state index in [4.69, 9.17) is 9.15 Å². The third-order valence-electron chi connectivity index (χ3n) is 4.39.